The first kappa shape index (κ1) is 31.6. The fourth-order valence-corrected chi connectivity index (χ4v) is 5.54. The normalized spacial score (nSPS) is 14.7. The number of halogens is 1. The molecule has 0 bridgehead atoms. The largest absolute Gasteiger partial charge is 0.506 e. The number of aromatic hydroxyl groups is 1. The summed E-state index contributed by atoms with van der Waals surface area (Å²) >= 11 is 7.00. The number of pyridine rings is 1. The number of nitrogens with zero attached hydrogens (tertiary/aromatic N) is 2. The van der Waals surface area contributed by atoms with Gasteiger partial charge in [-0.1, -0.05) is 87.3 Å². The first-order valence-electron chi connectivity index (χ1n) is 14.8. The van der Waals surface area contributed by atoms with Gasteiger partial charge in [0.15, 0.2) is 5.76 Å². The number of hydrogen-bond donors (Lipinski definition) is 2. The molecule has 0 saturated heterocycles. The number of amides is 1. The van der Waals surface area contributed by atoms with Crippen LogP contribution in [0.1, 0.15) is 67.0 Å². The summed E-state index contributed by atoms with van der Waals surface area (Å²) in [4.78, 5) is 32.6. The van der Waals surface area contributed by atoms with E-state index >= 15 is 0 Å². The zero-order valence-corrected chi connectivity index (χ0v) is 26.5. The SMILES string of the molecule is CCC(C)(C)CC1=C(OC=O)C(c2ccc(OCc3ccccc3)cc2Cl)N(C(=O)c2cccc(C)n2)c2cccc(O)c2N1. The number of carbonyl (C=O) groups is 2. The minimum absolute atomic E-state index is 0.0730. The molecule has 1 aliphatic rings. The van der Waals surface area contributed by atoms with Crippen LogP contribution in [-0.2, 0) is 16.1 Å². The molecule has 232 valence electrons. The van der Waals surface area contributed by atoms with Crippen LogP contribution in [0.25, 0.3) is 0 Å². The van der Waals surface area contributed by atoms with Gasteiger partial charge in [-0.15, -0.1) is 0 Å². The molecule has 0 aliphatic carbocycles. The molecule has 1 atom stereocenters. The second-order valence-corrected chi connectivity index (χ2v) is 12.2. The van der Waals surface area contributed by atoms with E-state index in [9.17, 15) is 14.7 Å². The van der Waals surface area contributed by atoms with Gasteiger partial charge in [0.1, 0.15) is 35.5 Å². The molecule has 0 radical (unpaired) electrons. The number of phenolic OH excluding ortho intramolecular Hbond substituents is 1. The van der Waals surface area contributed by atoms with Gasteiger partial charge in [-0.05, 0) is 60.7 Å². The summed E-state index contributed by atoms with van der Waals surface area (Å²) in [5.74, 6) is 0.171. The van der Waals surface area contributed by atoms with Crippen LogP contribution in [0, 0.1) is 12.3 Å². The number of nitrogens with one attached hydrogen (secondary N) is 1. The van der Waals surface area contributed by atoms with Gasteiger partial charge in [-0.2, -0.15) is 0 Å². The molecular weight excluding hydrogens is 590 g/mol. The van der Waals surface area contributed by atoms with Crippen LogP contribution < -0.4 is 15.0 Å². The molecule has 1 amide bonds. The van der Waals surface area contributed by atoms with E-state index in [1.165, 1.54) is 11.0 Å². The van der Waals surface area contributed by atoms with Crippen LogP contribution in [0.15, 0.2) is 96.4 Å². The van der Waals surface area contributed by atoms with Crippen LogP contribution in [0.3, 0.4) is 0 Å². The Morgan fingerprint density at radius 2 is 1.82 bits per heavy atom. The first-order valence-corrected chi connectivity index (χ1v) is 15.2. The van der Waals surface area contributed by atoms with Crippen LogP contribution in [0.2, 0.25) is 5.02 Å². The van der Waals surface area contributed by atoms with Crippen LogP contribution in [0.4, 0.5) is 11.4 Å². The fourth-order valence-electron chi connectivity index (χ4n) is 5.27. The van der Waals surface area contributed by atoms with Crippen molar-refractivity contribution < 1.29 is 24.2 Å². The number of aromatic nitrogens is 1. The van der Waals surface area contributed by atoms with Gasteiger partial charge in [-0.3, -0.25) is 14.5 Å². The van der Waals surface area contributed by atoms with Crippen molar-refractivity contribution in [3.8, 4) is 11.5 Å². The summed E-state index contributed by atoms with van der Waals surface area (Å²) in [6, 6.07) is 24.1. The minimum Gasteiger partial charge on any atom is -0.506 e. The van der Waals surface area contributed by atoms with E-state index in [0.29, 0.717) is 58.6 Å². The molecular formula is C36H36ClN3O5. The average molecular weight is 626 g/mol. The van der Waals surface area contributed by atoms with E-state index in [0.717, 1.165) is 12.0 Å². The van der Waals surface area contributed by atoms with Gasteiger partial charge in [0, 0.05) is 16.3 Å². The van der Waals surface area contributed by atoms with E-state index in [4.69, 9.17) is 21.1 Å². The monoisotopic (exact) mass is 625 g/mol. The maximum absolute atomic E-state index is 14.5. The molecule has 0 spiro atoms. The summed E-state index contributed by atoms with van der Waals surface area (Å²) < 4.78 is 11.8. The number of fused-ring (bicyclic) bond motifs is 1. The number of carbonyl (C=O) groups excluding carboxylic acids is 2. The van der Waals surface area contributed by atoms with E-state index in [1.807, 2.05) is 30.3 Å². The van der Waals surface area contributed by atoms with Gasteiger partial charge in [0.25, 0.3) is 12.4 Å². The Morgan fingerprint density at radius 1 is 1.07 bits per heavy atom. The summed E-state index contributed by atoms with van der Waals surface area (Å²) in [6.07, 6.45) is 1.26. The fraction of sp³-hybridized carbons (Fsp3) is 0.250. The highest BCUT2D eigenvalue weighted by Crippen LogP contribution is 2.49. The average Bonchev–Trinajstić information content (AvgIpc) is 3.15. The van der Waals surface area contributed by atoms with Crippen molar-refractivity contribution in [1.82, 2.24) is 4.98 Å². The Bertz CT molecular complexity index is 1740. The van der Waals surface area contributed by atoms with Crippen molar-refractivity contribution in [3.63, 3.8) is 0 Å². The molecule has 5 rings (SSSR count). The highest BCUT2D eigenvalue weighted by atomic mass is 35.5. The van der Waals surface area contributed by atoms with E-state index in [1.54, 1.807) is 55.5 Å². The number of anilines is 2. The van der Waals surface area contributed by atoms with Gasteiger partial charge >= 0.3 is 0 Å². The molecule has 2 N–H and O–H groups in total. The Labute approximate surface area is 268 Å². The van der Waals surface area contributed by atoms with Crippen molar-refractivity contribution in [3.05, 3.63) is 124 Å². The standard InChI is InChI=1S/C36H36ClN3O5/c1-5-36(3,4)20-29-34(45-22-41)33(26-18-17-25(19-27(26)37)44-21-24-12-7-6-8-13-24)40(30-15-10-16-31(42)32(30)39-29)35(43)28-14-9-11-23(2)38-28/h6-19,22,33,39,42H,5,20-21H2,1-4H3. The number of aryl methyl sites for hydroxylation is 1. The smallest absolute Gasteiger partial charge is 0.298 e. The van der Waals surface area contributed by atoms with Crippen molar-refractivity contribution in [1.29, 1.82) is 0 Å². The summed E-state index contributed by atoms with van der Waals surface area (Å²) in [6.45, 7) is 8.75. The Morgan fingerprint density at radius 3 is 2.51 bits per heavy atom. The second-order valence-electron chi connectivity index (χ2n) is 11.7. The number of ether oxygens (including phenoxy) is 2. The van der Waals surface area contributed by atoms with E-state index in [2.05, 4.69) is 31.1 Å². The van der Waals surface area contributed by atoms with Gasteiger partial charge in [0.2, 0.25) is 0 Å². The molecule has 1 unspecified atom stereocenters. The Hall–Kier alpha value is -4.82. The number of allylic oxidation sites excluding steroid dienone is 1. The maximum Gasteiger partial charge on any atom is 0.298 e. The Balaban J connectivity index is 1.72. The first-order chi connectivity index (χ1) is 21.6. The third kappa shape index (κ3) is 6.97. The Kier molecular flexibility index (Phi) is 9.44. The van der Waals surface area contributed by atoms with Gasteiger partial charge in [0.05, 0.1) is 11.4 Å². The molecule has 1 aliphatic heterocycles. The zero-order chi connectivity index (χ0) is 32.1. The number of phenols is 1. The number of benzene rings is 3. The lowest BCUT2D eigenvalue weighted by Crippen LogP contribution is -2.37. The summed E-state index contributed by atoms with van der Waals surface area (Å²) in [5, 5.41) is 14.7. The number of rotatable bonds is 10. The molecule has 3 aromatic carbocycles. The number of para-hydroxylation sites is 1. The van der Waals surface area contributed by atoms with Crippen molar-refractivity contribution >= 4 is 35.4 Å². The molecule has 9 heteroatoms. The molecule has 1 aromatic heterocycles. The van der Waals surface area contributed by atoms with Gasteiger partial charge in [-0.25, -0.2) is 4.98 Å². The lowest BCUT2D eigenvalue weighted by atomic mass is 9.84. The topological polar surface area (TPSA) is 101 Å². The molecule has 0 saturated carbocycles. The maximum atomic E-state index is 14.5. The highest BCUT2D eigenvalue weighted by Gasteiger charge is 2.40. The molecule has 45 heavy (non-hydrogen) atoms. The third-order valence-electron chi connectivity index (χ3n) is 7.99. The quantitative estimate of drug-likeness (QED) is 0.135. The van der Waals surface area contributed by atoms with Crippen LogP contribution in [-0.4, -0.2) is 22.5 Å². The van der Waals surface area contributed by atoms with E-state index in [-0.39, 0.29) is 22.6 Å². The van der Waals surface area contributed by atoms with Crippen molar-refractivity contribution in [2.75, 3.05) is 10.2 Å². The van der Waals surface area contributed by atoms with E-state index < -0.39 is 11.9 Å². The number of hydrogen-bond acceptors (Lipinski definition) is 7. The summed E-state index contributed by atoms with van der Waals surface area (Å²) in [7, 11) is 0. The minimum atomic E-state index is -1.01. The third-order valence-corrected chi connectivity index (χ3v) is 8.32. The summed E-state index contributed by atoms with van der Waals surface area (Å²) in [5.41, 5.74) is 3.30. The van der Waals surface area contributed by atoms with Crippen LogP contribution in [0.5, 0.6) is 11.5 Å². The molecule has 0 fully saturated rings. The second kappa shape index (κ2) is 13.4. The zero-order valence-electron chi connectivity index (χ0n) is 25.7. The van der Waals surface area contributed by atoms with Crippen LogP contribution >= 0.6 is 11.6 Å². The predicted molar refractivity (Wildman–Crippen MR) is 175 cm³/mol. The predicted octanol–water partition coefficient (Wildman–Crippen LogP) is 8.35. The lowest BCUT2D eigenvalue weighted by Gasteiger charge is -2.33. The lowest BCUT2D eigenvalue weighted by molar-refractivity contribution is -0.125. The van der Waals surface area contributed by atoms with Crippen molar-refractivity contribution in [2.45, 2.75) is 53.2 Å². The molecule has 4 aromatic rings. The van der Waals surface area contributed by atoms with Crippen molar-refractivity contribution in [2.24, 2.45) is 5.41 Å². The molecule has 8 nitrogen and oxygen atoms in total. The molecule has 2 heterocycles. The van der Waals surface area contributed by atoms with Gasteiger partial charge < -0.3 is 19.9 Å². The highest BCUT2D eigenvalue weighted by molar-refractivity contribution is 6.31.